The van der Waals surface area contributed by atoms with Crippen molar-refractivity contribution in [1.82, 2.24) is 0 Å². The van der Waals surface area contributed by atoms with E-state index in [0.29, 0.717) is 28.3 Å². The lowest BCUT2D eigenvalue weighted by atomic mass is 10.1. The first-order valence-electron chi connectivity index (χ1n) is 10.4. The fraction of sp³-hybridized carbons (Fsp3) is 0.200. The van der Waals surface area contributed by atoms with Gasteiger partial charge in [-0.1, -0.05) is 36.4 Å². The first-order chi connectivity index (χ1) is 15.9. The van der Waals surface area contributed by atoms with E-state index in [9.17, 15) is 18.4 Å². The van der Waals surface area contributed by atoms with Crippen molar-refractivity contribution >= 4 is 17.6 Å². The minimum atomic E-state index is -0.980. The zero-order valence-corrected chi connectivity index (χ0v) is 17.5. The summed E-state index contributed by atoms with van der Waals surface area (Å²) in [5.74, 6) is -2.31. The number of carboxylic acids is 1. The van der Waals surface area contributed by atoms with E-state index in [0.717, 1.165) is 12.1 Å². The number of amides is 1. The standard InChI is InChI=1S/C25H21F2NO5/c26-18-10-9-16(13-19(18)27)15-28-20-6-2-4-8-22(20)33-23(25(28)31)11-12-32-21-7-3-1-5-17(21)14-24(29)30/h1-10,13,23H,11-12,14-15H2,(H,29,30). The molecule has 0 saturated carbocycles. The fourth-order valence-corrected chi connectivity index (χ4v) is 3.67. The average molecular weight is 453 g/mol. The van der Waals surface area contributed by atoms with Gasteiger partial charge in [-0.15, -0.1) is 0 Å². The molecule has 170 valence electrons. The van der Waals surface area contributed by atoms with Gasteiger partial charge in [-0.05, 0) is 35.9 Å². The summed E-state index contributed by atoms with van der Waals surface area (Å²) in [7, 11) is 0. The largest absolute Gasteiger partial charge is 0.493 e. The Morgan fingerprint density at radius 1 is 1.03 bits per heavy atom. The lowest BCUT2D eigenvalue weighted by Crippen LogP contribution is -2.46. The number of carbonyl (C=O) groups is 2. The lowest BCUT2D eigenvalue weighted by molar-refractivity contribution is -0.136. The molecule has 0 fully saturated rings. The van der Waals surface area contributed by atoms with E-state index in [1.54, 1.807) is 48.5 Å². The van der Waals surface area contributed by atoms with Crippen LogP contribution in [0.3, 0.4) is 0 Å². The molecule has 0 spiro atoms. The molecular formula is C25H21F2NO5. The molecule has 3 aromatic carbocycles. The number of ether oxygens (including phenoxy) is 2. The van der Waals surface area contributed by atoms with Gasteiger partial charge in [-0.2, -0.15) is 0 Å². The predicted octanol–water partition coefficient (Wildman–Crippen LogP) is 4.36. The van der Waals surface area contributed by atoms with Crippen molar-refractivity contribution in [2.24, 2.45) is 0 Å². The van der Waals surface area contributed by atoms with E-state index in [1.807, 2.05) is 0 Å². The number of hydrogen-bond donors (Lipinski definition) is 1. The van der Waals surface area contributed by atoms with Crippen LogP contribution >= 0.6 is 0 Å². The van der Waals surface area contributed by atoms with E-state index in [2.05, 4.69) is 0 Å². The lowest BCUT2D eigenvalue weighted by Gasteiger charge is -2.34. The Hall–Kier alpha value is -3.94. The minimum Gasteiger partial charge on any atom is -0.493 e. The summed E-state index contributed by atoms with van der Waals surface area (Å²) in [4.78, 5) is 25.7. The second-order valence-corrected chi connectivity index (χ2v) is 7.56. The SMILES string of the molecule is O=C(O)Cc1ccccc1OCCC1Oc2ccccc2N(Cc2ccc(F)c(F)c2)C1=O. The van der Waals surface area contributed by atoms with Gasteiger partial charge >= 0.3 is 5.97 Å². The number of para-hydroxylation sites is 3. The zero-order valence-electron chi connectivity index (χ0n) is 17.5. The van der Waals surface area contributed by atoms with E-state index >= 15 is 0 Å². The summed E-state index contributed by atoms with van der Waals surface area (Å²) < 4.78 is 38.6. The topological polar surface area (TPSA) is 76.1 Å². The third kappa shape index (κ3) is 5.11. The quantitative estimate of drug-likeness (QED) is 0.549. The normalized spacial score (nSPS) is 15.0. The second-order valence-electron chi connectivity index (χ2n) is 7.56. The summed E-state index contributed by atoms with van der Waals surface area (Å²) in [5.41, 5.74) is 1.51. The first-order valence-corrected chi connectivity index (χ1v) is 10.4. The Balaban J connectivity index is 1.49. The number of hydrogen-bond acceptors (Lipinski definition) is 4. The Morgan fingerprint density at radius 3 is 2.58 bits per heavy atom. The molecule has 1 amide bonds. The maximum atomic E-state index is 13.7. The highest BCUT2D eigenvalue weighted by atomic mass is 19.2. The minimum absolute atomic E-state index is 0.0508. The predicted molar refractivity (Wildman–Crippen MR) is 116 cm³/mol. The van der Waals surface area contributed by atoms with E-state index < -0.39 is 23.7 Å². The Kier molecular flexibility index (Phi) is 6.53. The van der Waals surface area contributed by atoms with Crippen molar-refractivity contribution < 1.29 is 33.0 Å². The summed E-state index contributed by atoms with van der Waals surface area (Å²) in [5, 5.41) is 9.06. The molecule has 33 heavy (non-hydrogen) atoms. The van der Waals surface area contributed by atoms with Crippen LogP contribution in [-0.2, 0) is 22.6 Å². The first kappa shape index (κ1) is 22.3. The molecule has 1 aliphatic rings. The van der Waals surface area contributed by atoms with Crippen molar-refractivity contribution in [2.45, 2.75) is 25.5 Å². The van der Waals surface area contributed by atoms with Crippen LogP contribution in [0.1, 0.15) is 17.5 Å². The second kappa shape index (κ2) is 9.68. The number of carbonyl (C=O) groups excluding carboxylic acids is 1. The van der Waals surface area contributed by atoms with Crippen LogP contribution < -0.4 is 14.4 Å². The van der Waals surface area contributed by atoms with Gasteiger partial charge in [0.15, 0.2) is 17.7 Å². The van der Waals surface area contributed by atoms with Crippen molar-refractivity contribution in [1.29, 1.82) is 0 Å². The van der Waals surface area contributed by atoms with Crippen LogP contribution in [0.2, 0.25) is 0 Å². The number of halogens is 2. The van der Waals surface area contributed by atoms with Gasteiger partial charge in [0.2, 0.25) is 0 Å². The van der Waals surface area contributed by atoms with Crippen LogP contribution in [0, 0.1) is 11.6 Å². The number of benzene rings is 3. The number of nitrogens with zero attached hydrogens (tertiary/aromatic N) is 1. The summed E-state index contributed by atoms with van der Waals surface area (Å²) in [6.45, 7) is 0.170. The van der Waals surface area contributed by atoms with Crippen LogP contribution in [0.15, 0.2) is 66.7 Å². The molecule has 0 aliphatic carbocycles. The number of fused-ring (bicyclic) bond motifs is 1. The number of aliphatic carboxylic acids is 1. The van der Waals surface area contributed by atoms with Gasteiger partial charge in [0.25, 0.3) is 5.91 Å². The average Bonchev–Trinajstić information content (AvgIpc) is 2.79. The van der Waals surface area contributed by atoms with Gasteiger partial charge in [0, 0.05) is 12.0 Å². The molecule has 0 saturated heterocycles. The Bertz CT molecular complexity index is 1180. The van der Waals surface area contributed by atoms with Crippen molar-refractivity contribution in [2.75, 3.05) is 11.5 Å². The maximum absolute atomic E-state index is 13.7. The third-order valence-electron chi connectivity index (χ3n) is 5.24. The fourth-order valence-electron chi connectivity index (χ4n) is 3.67. The number of anilines is 1. The molecule has 0 radical (unpaired) electrons. The van der Waals surface area contributed by atoms with Gasteiger partial charge < -0.3 is 19.5 Å². The molecule has 1 N–H and O–H groups in total. The molecule has 0 aromatic heterocycles. The molecule has 1 heterocycles. The van der Waals surface area contributed by atoms with Crippen molar-refractivity contribution in [3.05, 3.63) is 89.5 Å². The van der Waals surface area contributed by atoms with E-state index in [1.165, 1.54) is 11.0 Å². The molecular weight excluding hydrogens is 432 g/mol. The smallest absolute Gasteiger partial charge is 0.307 e. The zero-order chi connectivity index (χ0) is 23.4. The molecule has 1 unspecified atom stereocenters. The van der Waals surface area contributed by atoms with Gasteiger partial charge in [0.1, 0.15) is 11.5 Å². The molecule has 0 bridgehead atoms. The van der Waals surface area contributed by atoms with E-state index in [-0.39, 0.29) is 31.9 Å². The summed E-state index contributed by atoms with van der Waals surface area (Å²) in [6.07, 6.45) is -0.815. The molecule has 1 atom stereocenters. The molecule has 6 nitrogen and oxygen atoms in total. The van der Waals surface area contributed by atoms with E-state index in [4.69, 9.17) is 14.6 Å². The summed E-state index contributed by atoms with van der Waals surface area (Å²) in [6, 6.07) is 17.3. The maximum Gasteiger partial charge on any atom is 0.307 e. The Labute approximate surface area is 189 Å². The van der Waals surface area contributed by atoms with Gasteiger partial charge in [0.05, 0.1) is 25.3 Å². The molecule has 4 rings (SSSR count). The summed E-state index contributed by atoms with van der Waals surface area (Å²) >= 11 is 0. The molecule has 3 aromatic rings. The van der Waals surface area contributed by atoms with Gasteiger partial charge in [-0.25, -0.2) is 8.78 Å². The van der Waals surface area contributed by atoms with Crippen LogP contribution in [0.5, 0.6) is 11.5 Å². The van der Waals surface area contributed by atoms with Crippen molar-refractivity contribution in [3.8, 4) is 11.5 Å². The number of rotatable bonds is 8. The molecule has 8 heteroatoms. The monoisotopic (exact) mass is 453 g/mol. The third-order valence-corrected chi connectivity index (χ3v) is 5.24. The highest BCUT2D eigenvalue weighted by Crippen LogP contribution is 2.35. The van der Waals surface area contributed by atoms with Crippen molar-refractivity contribution in [3.63, 3.8) is 0 Å². The highest BCUT2D eigenvalue weighted by molar-refractivity contribution is 5.99. The Morgan fingerprint density at radius 2 is 1.79 bits per heavy atom. The highest BCUT2D eigenvalue weighted by Gasteiger charge is 2.34. The van der Waals surface area contributed by atoms with Crippen LogP contribution in [0.4, 0.5) is 14.5 Å². The molecule has 1 aliphatic heterocycles. The van der Waals surface area contributed by atoms with Crippen LogP contribution in [0.25, 0.3) is 0 Å². The number of carboxylic acid groups (broad SMARTS) is 1. The van der Waals surface area contributed by atoms with Crippen LogP contribution in [-0.4, -0.2) is 29.7 Å². The van der Waals surface area contributed by atoms with Gasteiger partial charge in [-0.3, -0.25) is 9.59 Å².